The van der Waals surface area contributed by atoms with E-state index in [2.05, 4.69) is 5.32 Å². The first kappa shape index (κ1) is 18.6. The van der Waals surface area contributed by atoms with Crippen LogP contribution in [0.5, 0.6) is 0 Å². The third-order valence-electron chi connectivity index (χ3n) is 4.26. The van der Waals surface area contributed by atoms with Crippen molar-refractivity contribution in [3.05, 3.63) is 46.3 Å². The normalized spacial score (nSPS) is 13.3. The van der Waals surface area contributed by atoms with Gasteiger partial charge in [0.15, 0.2) is 9.84 Å². The minimum atomic E-state index is -3.52. The van der Waals surface area contributed by atoms with Crippen molar-refractivity contribution in [1.82, 2.24) is 0 Å². The van der Waals surface area contributed by atoms with Crippen LogP contribution in [0.15, 0.2) is 35.2 Å². The monoisotopic (exact) mass is 393 g/mol. The third-order valence-corrected chi connectivity index (χ3v) is 7.20. The largest absolute Gasteiger partial charge is 0.465 e. The van der Waals surface area contributed by atoms with E-state index in [1.54, 1.807) is 18.2 Å². The molecule has 0 unspecified atom stereocenters. The summed E-state index contributed by atoms with van der Waals surface area (Å²) in [5, 5.41) is 3.14. The van der Waals surface area contributed by atoms with Crippen molar-refractivity contribution < 1.29 is 22.7 Å². The summed E-state index contributed by atoms with van der Waals surface area (Å²) in [5.74, 6) is -1.20. The standard InChI is InChI=1S/C18H19NO5S2/c1-24-18(21)16-13-8-5-9-14(13)25-17(16)19-15(20)10-11-26(22,23)12-6-3-2-4-7-12/h2-4,6-7H,5,8-11H2,1H3,(H,19,20). The summed E-state index contributed by atoms with van der Waals surface area (Å²) < 4.78 is 29.4. The Labute approximate surface area is 156 Å². The van der Waals surface area contributed by atoms with Gasteiger partial charge in [0, 0.05) is 11.3 Å². The van der Waals surface area contributed by atoms with Crippen molar-refractivity contribution in [1.29, 1.82) is 0 Å². The third kappa shape index (κ3) is 3.81. The summed E-state index contributed by atoms with van der Waals surface area (Å²) in [4.78, 5) is 25.6. The molecular weight excluding hydrogens is 374 g/mol. The number of carbonyl (C=O) groups is 2. The minimum Gasteiger partial charge on any atom is -0.465 e. The zero-order valence-electron chi connectivity index (χ0n) is 14.3. The molecule has 8 heteroatoms. The highest BCUT2D eigenvalue weighted by molar-refractivity contribution is 7.91. The molecule has 1 aliphatic carbocycles. The van der Waals surface area contributed by atoms with Crippen molar-refractivity contribution in [2.45, 2.75) is 30.6 Å². The van der Waals surface area contributed by atoms with Crippen LogP contribution in [0.1, 0.15) is 33.6 Å². The Morgan fingerprint density at radius 2 is 1.92 bits per heavy atom. The van der Waals surface area contributed by atoms with Gasteiger partial charge in [0.05, 0.1) is 23.3 Å². The molecule has 0 saturated heterocycles. The predicted octanol–water partition coefficient (Wildman–Crippen LogP) is 2.83. The molecular formula is C18H19NO5S2. The number of hydrogen-bond acceptors (Lipinski definition) is 6. The highest BCUT2D eigenvalue weighted by atomic mass is 32.2. The lowest BCUT2D eigenvalue weighted by atomic mass is 10.1. The van der Waals surface area contributed by atoms with Gasteiger partial charge in [-0.1, -0.05) is 18.2 Å². The van der Waals surface area contributed by atoms with E-state index >= 15 is 0 Å². The van der Waals surface area contributed by atoms with Gasteiger partial charge in [-0.05, 0) is 37.0 Å². The Balaban J connectivity index is 1.70. The van der Waals surface area contributed by atoms with Crippen molar-refractivity contribution in [3.8, 4) is 0 Å². The van der Waals surface area contributed by atoms with E-state index in [1.807, 2.05) is 0 Å². The Morgan fingerprint density at radius 1 is 1.19 bits per heavy atom. The molecule has 2 aromatic rings. The zero-order chi connectivity index (χ0) is 18.7. The number of rotatable bonds is 6. The first-order valence-electron chi connectivity index (χ1n) is 8.23. The predicted molar refractivity (Wildman–Crippen MR) is 99.4 cm³/mol. The lowest BCUT2D eigenvalue weighted by molar-refractivity contribution is -0.115. The van der Waals surface area contributed by atoms with E-state index in [0.717, 1.165) is 29.7 Å². The summed E-state index contributed by atoms with van der Waals surface area (Å²) in [6.07, 6.45) is 2.46. The van der Waals surface area contributed by atoms with Crippen LogP contribution in [0, 0.1) is 0 Å². The van der Waals surface area contributed by atoms with E-state index in [-0.39, 0.29) is 17.1 Å². The van der Waals surface area contributed by atoms with E-state index in [4.69, 9.17) is 4.74 Å². The fourth-order valence-corrected chi connectivity index (χ4v) is 5.53. The van der Waals surface area contributed by atoms with Gasteiger partial charge in [0.1, 0.15) is 5.00 Å². The van der Waals surface area contributed by atoms with Crippen LogP contribution in [0.25, 0.3) is 0 Å². The van der Waals surface area contributed by atoms with Gasteiger partial charge < -0.3 is 10.1 Å². The van der Waals surface area contributed by atoms with E-state index in [0.29, 0.717) is 10.6 Å². The van der Waals surface area contributed by atoms with Crippen molar-refractivity contribution >= 4 is 38.1 Å². The van der Waals surface area contributed by atoms with Gasteiger partial charge in [-0.2, -0.15) is 0 Å². The smallest absolute Gasteiger partial charge is 0.341 e. The van der Waals surface area contributed by atoms with Crippen LogP contribution >= 0.6 is 11.3 Å². The number of aryl methyl sites for hydroxylation is 1. The van der Waals surface area contributed by atoms with Gasteiger partial charge in [0.25, 0.3) is 0 Å². The first-order chi connectivity index (χ1) is 12.4. The van der Waals surface area contributed by atoms with E-state index < -0.39 is 21.7 Å². The van der Waals surface area contributed by atoms with Crippen LogP contribution < -0.4 is 5.32 Å². The fourth-order valence-electron chi connectivity index (χ4n) is 2.97. The average Bonchev–Trinajstić information content (AvgIpc) is 3.21. The maximum Gasteiger partial charge on any atom is 0.341 e. The summed E-state index contributed by atoms with van der Waals surface area (Å²) in [7, 11) is -2.22. The van der Waals surface area contributed by atoms with E-state index in [9.17, 15) is 18.0 Å². The summed E-state index contributed by atoms with van der Waals surface area (Å²) in [6, 6.07) is 8.03. The molecule has 0 fully saturated rings. The van der Waals surface area contributed by atoms with Crippen molar-refractivity contribution in [3.63, 3.8) is 0 Å². The summed E-state index contributed by atoms with van der Waals surface area (Å²) in [5.41, 5.74) is 1.35. The number of carbonyl (C=O) groups excluding carboxylic acids is 2. The molecule has 0 spiro atoms. The summed E-state index contributed by atoms with van der Waals surface area (Å²) in [6.45, 7) is 0. The highest BCUT2D eigenvalue weighted by Gasteiger charge is 2.28. The number of methoxy groups -OCH3 is 1. The van der Waals surface area contributed by atoms with Crippen LogP contribution in [0.2, 0.25) is 0 Å². The molecule has 0 bridgehead atoms. The molecule has 0 radical (unpaired) electrons. The number of anilines is 1. The second-order valence-corrected chi connectivity index (χ2v) is 9.20. The minimum absolute atomic E-state index is 0.180. The first-order valence-corrected chi connectivity index (χ1v) is 10.7. The number of thiophene rings is 1. The SMILES string of the molecule is COC(=O)c1c(NC(=O)CCS(=O)(=O)c2ccccc2)sc2c1CCC2. The number of benzene rings is 1. The molecule has 3 rings (SSSR count). The van der Waals surface area contributed by atoms with Gasteiger partial charge in [0.2, 0.25) is 5.91 Å². The average molecular weight is 393 g/mol. The number of esters is 1. The highest BCUT2D eigenvalue weighted by Crippen LogP contribution is 2.39. The Hall–Kier alpha value is -2.19. The number of ether oxygens (including phenoxy) is 1. The number of fused-ring (bicyclic) bond motifs is 1. The maximum absolute atomic E-state index is 12.3. The molecule has 1 aromatic carbocycles. The molecule has 1 heterocycles. The molecule has 1 amide bonds. The quantitative estimate of drug-likeness (QED) is 0.762. The Bertz CT molecular complexity index is 932. The Morgan fingerprint density at radius 3 is 2.62 bits per heavy atom. The second kappa shape index (κ2) is 7.59. The number of sulfone groups is 1. The fraction of sp³-hybridized carbons (Fsp3) is 0.333. The second-order valence-electron chi connectivity index (χ2n) is 5.98. The molecule has 1 N–H and O–H groups in total. The molecule has 1 aliphatic rings. The van der Waals surface area contributed by atoms with Crippen LogP contribution in [-0.4, -0.2) is 33.2 Å². The van der Waals surface area contributed by atoms with Gasteiger partial charge >= 0.3 is 5.97 Å². The summed E-state index contributed by atoms with van der Waals surface area (Å²) >= 11 is 1.37. The zero-order valence-corrected chi connectivity index (χ0v) is 15.9. The number of nitrogens with one attached hydrogen (secondary N) is 1. The molecule has 0 saturated carbocycles. The number of amides is 1. The number of hydrogen-bond donors (Lipinski definition) is 1. The van der Waals surface area contributed by atoms with Gasteiger partial charge in [-0.15, -0.1) is 11.3 Å². The molecule has 1 aromatic heterocycles. The topological polar surface area (TPSA) is 89.5 Å². The molecule has 26 heavy (non-hydrogen) atoms. The molecule has 138 valence electrons. The van der Waals surface area contributed by atoms with Crippen molar-refractivity contribution in [2.24, 2.45) is 0 Å². The molecule has 0 aliphatic heterocycles. The van der Waals surface area contributed by atoms with Crippen LogP contribution in [-0.2, 0) is 32.2 Å². The lowest BCUT2D eigenvalue weighted by Gasteiger charge is -2.08. The van der Waals surface area contributed by atoms with Crippen molar-refractivity contribution in [2.75, 3.05) is 18.2 Å². The Kier molecular flexibility index (Phi) is 5.43. The van der Waals surface area contributed by atoms with Gasteiger partial charge in [-0.3, -0.25) is 4.79 Å². The lowest BCUT2D eigenvalue weighted by Crippen LogP contribution is -2.18. The van der Waals surface area contributed by atoms with Crippen LogP contribution in [0.4, 0.5) is 5.00 Å². The van der Waals surface area contributed by atoms with Gasteiger partial charge in [-0.25, -0.2) is 13.2 Å². The van der Waals surface area contributed by atoms with Crippen LogP contribution in [0.3, 0.4) is 0 Å². The maximum atomic E-state index is 12.3. The molecule has 6 nitrogen and oxygen atoms in total. The van der Waals surface area contributed by atoms with E-state index in [1.165, 1.54) is 30.6 Å². The molecule has 0 atom stereocenters.